The molecule has 1 nitrogen and oxygen atoms in total. The fourth-order valence-corrected chi connectivity index (χ4v) is 2.08. The summed E-state index contributed by atoms with van der Waals surface area (Å²) in [6, 6.07) is 18.8. The molecule has 0 atom stereocenters. The van der Waals surface area contributed by atoms with Crippen LogP contribution >= 0.6 is 0 Å². The summed E-state index contributed by atoms with van der Waals surface area (Å²) in [7, 11) is 0. The van der Waals surface area contributed by atoms with Crippen LogP contribution in [0.1, 0.15) is 18.9 Å². The lowest BCUT2D eigenvalue weighted by atomic mass is 9.99. The van der Waals surface area contributed by atoms with E-state index in [0.717, 1.165) is 0 Å². The lowest BCUT2D eigenvalue weighted by Gasteiger charge is -2.07. The minimum absolute atomic E-state index is 0.195. The van der Waals surface area contributed by atoms with Crippen LogP contribution in [0.25, 0.3) is 16.7 Å². The number of allylic oxidation sites excluding steroid dienone is 1. The molecule has 2 rings (SSSR count). The van der Waals surface area contributed by atoms with Crippen LogP contribution in [-0.2, 0) is 0 Å². The smallest absolute Gasteiger partial charge is 0.0471 e. The van der Waals surface area contributed by atoms with E-state index in [4.69, 9.17) is 5.11 Å². The maximum Gasteiger partial charge on any atom is 0.0471 e. The molecule has 1 heteroatoms. The van der Waals surface area contributed by atoms with E-state index in [2.05, 4.69) is 42.5 Å². The Morgan fingerprint density at radius 1 is 0.944 bits per heavy atom. The zero-order valence-corrected chi connectivity index (χ0v) is 10.6. The molecule has 2 aromatic rings. The molecule has 1 N–H and O–H groups in total. The van der Waals surface area contributed by atoms with Gasteiger partial charge < -0.3 is 5.11 Å². The van der Waals surface area contributed by atoms with Gasteiger partial charge in [0, 0.05) is 6.61 Å². The molecule has 92 valence electrons. The molecule has 0 radical (unpaired) electrons. The molecule has 0 bridgehead atoms. The summed E-state index contributed by atoms with van der Waals surface area (Å²) in [5.41, 5.74) is 4.83. The Morgan fingerprint density at radius 2 is 1.56 bits per heavy atom. The van der Waals surface area contributed by atoms with E-state index >= 15 is 0 Å². The van der Waals surface area contributed by atoms with Crippen molar-refractivity contribution in [3.05, 3.63) is 66.2 Å². The lowest BCUT2D eigenvalue weighted by molar-refractivity contribution is 0.305. The van der Waals surface area contributed by atoms with Crippen molar-refractivity contribution in [2.75, 3.05) is 6.61 Å². The molecule has 0 amide bonds. The molecule has 0 heterocycles. The Balaban J connectivity index is 2.25. The first kappa shape index (κ1) is 12.6. The lowest BCUT2D eigenvalue weighted by Crippen LogP contribution is -1.89. The van der Waals surface area contributed by atoms with Gasteiger partial charge in [0.1, 0.15) is 0 Å². The van der Waals surface area contributed by atoms with E-state index in [1.165, 1.54) is 22.3 Å². The van der Waals surface area contributed by atoms with Crippen LogP contribution in [0.3, 0.4) is 0 Å². The first-order chi connectivity index (χ1) is 8.85. The minimum Gasteiger partial charge on any atom is -0.396 e. The summed E-state index contributed by atoms with van der Waals surface area (Å²) in [5.74, 6) is 0. The van der Waals surface area contributed by atoms with Crippen molar-refractivity contribution in [3.63, 3.8) is 0 Å². The highest BCUT2D eigenvalue weighted by Gasteiger charge is 2.01. The fourth-order valence-electron chi connectivity index (χ4n) is 2.08. The van der Waals surface area contributed by atoms with Gasteiger partial charge in [-0.3, -0.25) is 0 Å². The zero-order valence-electron chi connectivity index (χ0n) is 10.6. The monoisotopic (exact) mass is 238 g/mol. The Labute approximate surface area is 108 Å². The first-order valence-corrected chi connectivity index (χ1v) is 6.27. The van der Waals surface area contributed by atoms with Gasteiger partial charge in [0.25, 0.3) is 0 Å². The molecule has 2 aromatic carbocycles. The van der Waals surface area contributed by atoms with Crippen molar-refractivity contribution in [3.8, 4) is 11.1 Å². The molecule has 0 saturated carbocycles. The van der Waals surface area contributed by atoms with Crippen LogP contribution in [0.2, 0.25) is 0 Å². The fraction of sp³-hybridized carbons (Fsp3) is 0.176. The van der Waals surface area contributed by atoms with Gasteiger partial charge >= 0.3 is 0 Å². The van der Waals surface area contributed by atoms with Crippen LogP contribution in [0.5, 0.6) is 0 Å². The second-order valence-electron chi connectivity index (χ2n) is 4.23. The van der Waals surface area contributed by atoms with Gasteiger partial charge in [-0.05, 0) is 35.6 Å². The molecule has 18 heavy (non-hydrogen) atoms. The number of aliphatic hydroxyl groups is 1. The van der Waals surface area contributed by atoms with Gasteiger partial charge in [0.15, 0.2) is 0 Å². The van der Waals surface area contributed by atoms with Gasteiger partial charge in [-0.15, -0.1) is 0 Å². The zero-order chi connectivity index (χ0) is 12.8. The van der Waals surface area contributed by atoms with Crippen LogP contribution in [0.4, 0.5) is 0 Å². The summed E-state index contributed by atoms with van der Waals surface area (Å²) in [5, 5.41) is 9.02. The van der Waals surface area contributed by atoms with E-state index < -0.39 is 0 Å². The van der Waals surface area contributed by atoms with Crippen molar-refractivity contribution in [1.29, 1.82) is 0 Å². The molecule has 0 spiro atoms. The SMILES string of the molecule is C/C=C(\CCO)c1ccc(-c2ccccc2)cc1. The maximum absolute atomic E-state index is 9.02. The van der Waals surface area contributed by atoms with Crippen LogP contribution in [0.15, 0.2) is 60.7 Å². The van der Waals surface area contributed by atoms with E-state index in [9.17, 15) is 0 Å². The van der Waals surface area contributed by atoms with Crippen molar-refractivity contribution in [2.45, 2.75) is 13.3 Å². The quantitative estimate of drug-likeness (QED) is 0.848. The molecule has 0 aromatic heterocycles. The standard InChI is InChI=1S/C17H18O/c1-2-14(12-13-18)16-8-10-17(11-9-16)15-6-4-3-5-7-15/h2-11,18H,12-13H2,1H3/b14-2+. The molecular formula is C17H18O. The third-order valence-corrected chi connectivity index (χ3v) is 3.09. The van der Waals surface area contributed by atoms with Gasteiger partial charge in [-0.1, -0.05) is 60.7 Å². The summed E-state index contributed by atoms with van der Waals surface area (Å²) >= 11 is 0. The van der Waals surface area contributed by atoms with Gasteiger partial charge in [0.2, 0.25) is 0 Å². The van der Waals surface area contributed by atoms with Gasteiger partial charge in [0.05, 0.1) is 0 Å². The molecule has 0 unspecified atom stereocenters. The van der Waals surface area contributed by atoms with Crippen molar-refractivity contribution in [2.24, 2.45) is 0 Å². The van der Waals surface area contributed by atoms with Crippen molar-refractivity contribution >= 4 is 5.57 Å². The Hall–Kier alpha value is -1.86. The van der Waals surface area contributed by atoms with Gasteiger partial charge in [-0.2, -0.15) is 0 Å². The van der Waals surface area contributed by atoms with E-state index in [0.29, 0.717) is 6.42 Å². The molecule has 0 aliphatic heterocycles. The van der Waals surface area contributed by atoms with Crippen LogP contribution in [-0.4, -0.2) is 11.7 Å². The Morgan fingerprint density at radius 3 is 2.11 bits per heavy atom. The molecule has 0 aliphatic rings. The second kappa shape index (κ2) is 6.18. The number of rotatable bonds is 4. The summed E-state index contributed by atoms with van der Waals surface area (Å²) in [4.78, 5) is 0. The predicted octanol–water partition coefficient (Wildman–Crippen LogP) is 4.14. The molecule has 0 fully saturated rings. The molecule has 0 saturated heterocycles. The summed E-state index contributed by atoms with van der Waals surface area (Å²) < 4.78 is 0. The van der Waals surface area contributed by atoms with E-state index in [1.54, 1.807) is 0 Å². The second-order valence-corrected chi connectivity index (χ2v) is 4.23. The largest absolute Gasteiger partial charge is 0.396 e. The number of benzene rings is 2. The minimum atomic E-state index is 0.195. The summed E-state index contributed by atoms with van der Waals surface area (Å²) in [6.45, 7) is 2.20. The number of hydrogen-bond donors (Lipinski definition) is 1. The van der Waals surface area contributed by atoms with E-state index in [-0.39, 0.29) is 6.61 Å². The van der Waals surface area contributed by atoms with Gasteiger partial charge in [-0.25, -0.2) is 0 Å². The third-order valence-electron chi connectivity index (χ3n) is 3.09. The number of hydrogen-bond acceptors (Lipinski definition) is 1. The van der Waals surface area contributed by atoms with E-state index in [1.807, 2.05) is 25.1 Å². The highest BCUT2D eigenvalue weighted by Crippen LogP contribution is 2.23. The maximum atomic E-state index is 9.02. The van der Waals surface area contributed by atoms with Crippen LogP contribution < -0.4 is 0 Å². The normalized spacial score (nSPS) is 11.6. The molecular weight excluding hydrogens is 220 g/mol. The van der Waals surface area contributed by atoms with Crippen molar-refractivity contribution < 1.29 is 5.11 Å². The Bertz CT molecular complexity index is 509. The summed E-state index contributed by atoms with van der Waals surface area (Å²) in [6.07, 6.45) is 2.77. The Kier molecular flexibility index (Phi) is 4.32. The first-order valence-electron chi connectivity index (χ1n) is 6.27. The average Bonchev–Trinajstić information content (AvgIpc) is 2.46. The highest BCUT2D eigenvalue weighted by atomic mass is 16.2. The number of aliphatic hydroxyl groups excluding tert-OH is 1. The average molecular weight is 238 g/mol. The topological polar surface area (TPSA) is 20.2 Å². The third kappa shape index (κ3) is 2.88. The predicted molar refractivity (Wildman–Crippen MR) is 77.2 cm³/mol. The molecule has 0 aliphatic carbocycles. The van der Waals surface area contributed by atoms with Crippen LogP contribution in [0, 0.1) is 0 Å². The van der Waals surface area contributed by atoms with Crippen molar-refractivity contribution in [1.82, 2.24) is 0 Å². The highest BCUT2D eigenvalue weighted by molar-refractivity contribution is 5.70.